The summed E-state index contributed by atoms with van der Waals surface area (Å²) in [4.78, 5) is 30.6. The Morgan fingerprint density at radius 1 is 1.25 bits per heavy atom. The summed E-state index contributed by atoms with van der Waals surface area (Å²) in [5, 5.41) is 18.0. The molecule has 0 spiro atoms. The van der Waals surface area contributed by atoms with Gasteiger partial charge in [0.2, 0.25) is 0 Å². The number of carboxylic acids is 1. The fraction of sp³-hybridized carbons (Fsp3) is 0.176. The Morgan fingerprint density at radius 2 is 1.96 bits per heavy atom. The van der Waals surface area contributed by atoms with Gasteiger partial charge in [0.1, 0.15) is 22.9 Å². The predicted molar refractivity (Wildman–Crippen MR) is 94.8 cm³/mol. The molecule has 28 heavy (non-hydrogen) atoms. The molecule has 9 nitrogen and oxygen atoms in total. The van der Waals surface area contributed by atoms with Gasteiger partial charge < -0.3 is 21.1 Å². The van der Waals surface area contributed by atoms with Crippen LogP contribution in [-0.2, 0) is 6.42 Å². The first-order valence-corrected chi connectivity index (χ1v) is 8.23. The van der Waals surface area contributed by atoms with E-state index >= 15 is 0 Å². The average Bonchev–Trinajstić information content (AvgIpc) is 3.26. The molecule has 0 atom stereocenters. The summed E-state index contributed by atoms with van der Waals surface area (Å²) in [5.41, 5.74) is 5.12. The summed E-state index contributed by atoms with van der Waals surface area (Å²) in [6, 6.07) is 3.07. The van der Waals surface area contributed by atoms with Crippen LogP contribution in [-0.4, -0.2) is 43.7 Å². The molecule has 0 aliphatic heterocycles. The summed E-state index contributed by atoms with van der Waals surface area (Å²) in [6.45, 7) is 0.368. The molecule has 1 aromatic carbocycles. The van der Waals surface area contributed by atoms with E-state index in [2.05, 4.69) is 25.5 Å². The summed E-state index contributed by atoms with van der Waals surface area (Å²) >= 11 is 0. The highest BCUT2D eigenvalue weighted by Gasteiger charge is 2.22. The number of imidazole rings is 1. The second kappa shape index (κ2) is 7.96. The fourth-order valence-electron chi connectivity index (χ4n) is 2.63. The van der Waals surface area contributed by atoms with Crippen molar-refractivity contribution in [2.45, 2.75) is 12.8 Å². The van der Waals surface area contributed by atoms with Gasteiger partial charge >= 0.3 is 5.97 Å². The lowest BCUT2D eigenvalue weighted by atomic mass is 10.2. The van der Waals surface area contributed by atoms with Gasteiger partial charge in [-0.1, -0.05) is 6.07 Å². The number of halogens is 2. The standard InChI is InChI=1S/C17H16F2N6O3/c18-8-3-1-4-9(19)12(8)16(26)23-11-7-21-25-13(11)15-22-10(5-2-6-20)14(24-15)17(27)28/h1,3-4,7H,2,5-6,20H2,(H,21,25)(H,22,24)(H,23,26)(H,27,28). The van der Waals surface area contributed by atoms with Gasteiger partial charge in [0.05, 0.1) is 17.6 Å². The van der Waals surface area contributed by atoms with E-state index in [1.807, 2.05) is 0 Å². The lowest BCUT2D eigenvalue weighted by Gasteiger charge is -2.06. The minimum atomic E-state index is -1.23. The van der Waals surface area contributed by atoms with Crippen LogP contribution in [0.5, 0.6) is 0 Å². The van der Waals surface area contributed by atoms with Crippen LogP contribution < -0.4 is 11.1 Å². The molecule has 146 valence electrons. The zero-order valence-corrected chi connectivity index (χ0v) is 14.4. The lowest BCUT2D eigenvalue weighted by Crippen LogP contribution is -2.16. The van der Waals surface area contributed by atoms with E-state index < -0.39 is 29.1 Å². The van der Waals surface area contributed by atoms with Gasteiger partial charge in [-0.05, 0) is 31.5 Å². The van der Waals surface area contributed by atoms with Gasteiger partial charge in [-0.25, -0.2) is 18.6 Å². The number of H-pyrrole nitrogens is 2. The molecule has 0 radical (unpaired) electrons. The van der Waals surface area contributed by atoms with Crippen LogP contribution in [0, 0.1) is 11.6 Å². The van der Waals surface area contributed by atoms with Crippen molar-refractivity contribution in [2.75, 3.05) is 11.9 Å². The monoisotopic (exact) mass is 390 g/mol. The summed E-state index contributed by atoms with van der Waals surface area (Å²) in [6.07, 6.45) is 2.12. The number of hydrogen-bond donors (Lipinski definition) is 5. The van der Waals surface area contributed by atoms with Gasteiger partial charge in [0.25, 0.3) is 5.91 Å². The van der Waals surface area contributed by atoms with Crippen LogP contribution in [0.3, 0.4) is 0 Å². The highest BCUT2D eigenvalue weighted by Crippen LogP contribution is 2.26. The number of aromatic amines is 2. The summed E-state index contributed by atoms with van der Waals surface area (Å²) < 4.78 is 27.6. The highest BCUT2D eigenvalue weighted by atomic mass is 19.1. The average molecular weight is 390 g/mol. The Bertz CT molecular complexity index is 1010. The second-order valence-corrected chi connectivity index (χ2v) is 5.82. The second-order valence-electron chi connectivity index (χ2n) is 5.82. The predicted octanol–water partition coefficient (Wildman–Crippen LogP) is 1.92. The number of aryl methyl sites for hydroxylation is 1. The van der Waals surface area contributed by atoms with Crippen molar-refractivity contribution in [3.8, 4) is 11.5 Å². The molecule has 0 bridgehead atoms. The smallest absolute Gasteiger partial charge is 0.356 e. The molecular formula is C17H16F2N6O3. The van der Waals surface area contributed by atoms with Crippen molar-refractivity contribution >= 4 is 17.6 Å². The molecule has 6 N–H and O–H groups in total. The van der Waals surface area contributed by atoms with Crippen molar-refractivity contribution in [3.05, 3.63) is 53.0 Å². The quantitative estimate of drug-likeness (QED) is 0.416. The largest absolute Gasteiger partial charge is 0.476 e. The number of carbonyl (C=O) groups is 2. The molecule has 1 amide bonds. The first kappa shape index (κ1) is 19.2. The first-order valence-electron chi connectivity index (χ1n) is 8.23. The van der Waals surface area contributed by atoms with E-state index in [1.165, 1.54) is 6.20 Å². The van der Waals surface area contributed by atoms with Gasteiger partial charge in [0, 0.05) is 0 Å². The van der Waals surface area contributed by atoms with Crippen molar-refractivity contribution in [1.29, 1.82) is 0 Å². The van der Waals surface area contributed by atoms with Gasteiger partial charge in [-0.15, -0.1) is 0 Å². The number of nitrogens with two attached hydrogens (primary N) is 1. The number of rotatable bonds is 7. The van der Waals surface area contributed by atoms with Crippen molar-refractivity contribution < 1.29 is 23.5 Å². The van der Waals surface area contributed by atoms with Crippen LogP contribution in [0.25, 0.3) is 11.5 Å². The van der Waals surface area contributed by atoms with E-state index in [0.29, 0.717) is 25.1 Å². The maximum atomic E-state index is 13.8. The molecule has 0 aliphatic rings. The number of nitrogens with one attached hydrogen (secondary N) is 3. The van der Waals surface area contributed by atoms with E-state index in [0.717, 1.165) is 18.2 Å². The number of carboxylic acid groups (broad SMARTS) is 1. The topological polar surface area (TPSA) is 150 Å². The van der Waals surface area contributed by atoms with Crippen LogP contribution >= 0.6 is 0 Å². The molecule has 3 rings (SSSR count). The Hall–Kier alpha value is -3.60. The Kier molecular flexibility index (Phi) is 5.45. The number of benzene rings is 1. The third-order valence-corrected chi connectivity index (χ3v) is 3.93. The zero-order chi connectivity index (χ0) is 20.3. The molecule has 0 aliphatic carbocycles. The third-order valence-electron chi connectivity index (χ3n) is 3.93. The van der Waals surface area contributed by atoms with E-state index in [4.69, 9.17) is 5.73 Å². The van der Waals surface area contributed by atoms with E-state index in [9.17, 15) is 23.5 Å². The molecule has 0 unspecified atom stereocenters. The van der Waals surface area contributed by atoms with Crippen molar-refractivity contribution in [1.82, 2.24) is 20.2 Å². The number of hydrogen-bond acceptors (Lipinski definition) is 5. The van der Waals surface area contributed by atoms with Gasteiger partial charge in [-0.2, -0.15) is 5.10 Å². The maximum absolute atomic E-state index is 13.8. The maximum Gasteiger partial charge on any atom is 0.356 e. The fourth-order valence-corrected chi connectivity index (χ4v) is 2.63. The van der Waals surface area contributed by atoms with Gasteiger partial charge in [-0.3, -0.25) is 9.89 Å². The summed E-state index contributed by atoms with van der Waals surface area (Å²) in [7, 11) is 0. The van der Waals surface area contributed by atoms with Crippen LogP contribution in [0.15, 0.2) is 24.4 Å². The minimum Gasteiger partial charge on any atom is -0.476 e. The first-order chi connectivity index (χ1) is 13.4. The Labute approximate surface area is 157 Å². The van der Waals surface area contributed by atoms with Crippen molar-refractivity contribution in [2.24, 2.45) is 5.73 Å². The SMILES string of the molecule is NCCCc1[nH]c(-c2[nH]ncc2NC(=O)c2c(F)cccc2F)nc1C(=O)O. The van der Waals surface area contributed by atoms with Gasteiger partial charge in [0.15, 0.2) is 11.5 Å². The Balaban J connectivity index is 1.92. The summed E-state index contributed by atoms with van der Waals surface area (Å²) in [5.74, 6) is -4.18. The molecule has 11 heteroatoms. The number of aromatic carboxylic acids is 1. The van der Waals surface area contributed by atoms with Crippen LogP contribution in [0.1, 0.15) is 33.0 Å². The number of aromatic nitrogens is 4. The number of anilines is 1. The molecule has 0 saturated carbocycles. The molecule has 0 saturated heterocycles. The number of carbonyl (C=O) groups excluding carboxylic acids is 1. The molecule has 3 aromatic rings. The van der Waals surface area contributed by atoms with E-state index in [-0.39, 0.29) is 22.9 Å². The van der Waals surface area contributed by atoms with Crippen LogP contribution in [0.2, 0.25) is 0 Å². The zero-order valence-electron chi connectivity index (χ0n) is 14.4. The third kappa shape index (κ3) is 3.74. The van der Waals surface area contributed by atoms with Crippen LogP contribution in [0.4, 0.5) is 14.5 Å². The molecule has 2 heterocycles. The van der Waals surface area contributed by atoms with E-state index in [1.54, 1.807) is 0 Å². The lowest BCUT2D eigenvalue weighted by molar-refractivity contribution is 0.0689. The normalized spacial score (nSPS) is 10.8. The molecule has 0 fully saturated rings. The molecular weight excluding hydrogens is 374 g/mol. The van der Waals surface area contributed by atoms with Crippen molar-refractivity contribution in [3.63, 3.8) is 0 Å². The Morgan fingerprint density at radius 3 is 2.61 bits per heavy atom. The number of amides is 1. The number of nitrogens with zero attached hydrogens (tertiary/aromatic N) is 2. The highest BCUT2D eigenvalue weighted by molar-refractivity contribution is 6.06. The molecule has 2 aromatic heterocycles. The minimum absolute atomic E-state index is 0.0729.